The van der Waals surface area contributed by atoms with Gasteiger partial charge in [-0.1, -0.05) is 38.1 Å². The van der Waals surface area contributed by atoms with Gasteiger partial charge in [0.25, 0.3) is 0 Å². The fraction of sp³-hybridized carbons (Fsp3) is 0.471. The molecule has 1 aliphatic rings. The van der Waals surface area contributed by atoms with Gasteiger partial charge < -0.3 is 9.88 Å². The van der Waals surface area contributed by atoms with Crippen LogP contribution in [0, 0.1) is 12.8 Å². The van der Waals surface area contributed by atoms with Gasteiger partial charge in [0.1, 0.15) is 0 Å². The average Bonchev–Trinajstić information content (AvgIpc) is 2.78. The fourth-order valence-electron chi connectivity index (χ4n) is 2.94. The van der Waals surface area contributed by atoms with Crippen LogP contribution >= 0.6 is 0 Å². The van der Waals surface area contributed by atoms with Crippen LogP contribution in [0.15, 0.2) is 30.5 Å². The summed E-state index contributed by atoms with van der Waals surface area (Å²) in [5.74, 6) is 1.72. The minimum absolute atomic E-state index is 0.386. The highest BCUT2D eigenvalue weighted by Crippen LogP contribution is 2.28. The van der Waals surface area contributed by atoms with Crippen molar-refractivity contribution in [3.63, 3.8) is 0 Å². The Morgan fingerprint density at radius 1 is 1.30 bits per heavy atom. The molecule has 3 heteroatoms. The van der Waals surface area contributed by atoms with E-state index < -0.39 is 0 Å². The number of benzene rings is 1. The van der Waals surface area contributed by atoms with Crippen molar-refractivity contribution in [1.82, 2.24) is 9.55 Å². The van der Waals surface area contributed by atoms with E-state index in [1.807, 2.05) is 6.92 Å². The summed E-state index contributed by atoms with van der Waals surface area (Å²) >= 11 is 0. The molecule has 2 heterocycles. The topological polar surface area (TPSA) is 29.9 Å². The Morgan fingerprint density at radius 3 is 2.75 bits per heavy atom. The van der Waals surface area contributed by atoms with Crippen LogP contribution in [0.5, 0.6) is 0 Å². The molecule has 1 unspecified atom stereocenters. The monoisotopic (exact) mass is 269 g/mol. The third-order valence-corrected chi connectivity index (χ3v) is 3.89. The van der Waals surface area contributed by atoms with E-state index in [1.165, 1.54) is 11.1 Å². The van der Waals surface area contributed by atoms with Gasteiger partial charge in [0.15, 0.2) is 0 Å². The van der Waals surface area contributed by atoms with Crippen LogP contribution in [0.4, 0.5) is 5.95 Å². The number of aromatic nitrogens is 2. The SMILES string of the molecule is Cc1cn2c(n1)NC(c1ccc(CC(C)C)cc1)CC2. The predicted molar refractivity (Wildman–Crippen MR) is 82.9 cm³/mol. The van der Waals surface area contributed by atoms with Crippen molar-refractivity contribution in [3.05, 3.63) is 47.3 Å². The first-order valence-corrected chi connectivity index (χ1v) is 7.51. The van der Waals surface area contributed by atoms with Crippen LogP contribution in [-0.2, 0) is 13.0 Å². The largest absolute Gasteiger partial charge is 0.349 e. The molecule has 3 nitrogen and oxygen atoms in total. The van der Waals surface area contributed by atoms with E-state index in [2.05, 4.69) is 59.2 Å². The first-order chi connectivity index (χ1) is 9.61. The second-order valence-corrected chi connectivity index (χ2v) is 6.22. The molecule has 0 radical (unpaired) electrons. The normalized spacial score (nSPS) is 17.9. The van der Waals surface area contributed by atoms with Crippen LogP contribution < -0.4 is 5.32 Å². The molecule has 1 aromatic heterocycles. The molecule has 3 rings (SSSR count). The van der Waals surface area contributed by atoms with Crippen molar-refractivity contribution in [2.75, 3.05) is 5.32 Å². The van der Waals surface area contributed by atoms with Gasteiger partial charge in [-0.2, -0.15) is 0 Å². The molecule has 0 spiro atoms. The molecule has 1 aromatic carbocycles. The van der Waals surface area contributed by atoms with Gasteiger partial charge in [-0.15, -0.1) is 0 Å². The lowest BCUT2D eigenvalue weighted by Gasteiger charge is -2.26. The molecule has 2 aromatic rings. The second kappa shape index (κ2) is 5.31. The van der Waals surface area contributed by atoms with Crippen LogP contribution in [0.1, 0.15) is 43.1 Å². The van der Waals surface area contributed by atoms with Crippen molar-refractivity contribution in [1.29, 1.82) is 0 Å². The van der Waals surface area contributed by atoms with Crippen LogP contribution in [0.25, 0.3) is 0 Å². The van der Waals surface area contributed by atoms with Gasteiger partial charge in [-0.25, -0.2) is 4.98 Å². The van der Waals surface area contributed by atoms with Gasteiger partial charge in [-0.05, 0) is 36.8 Å². The Hall–Kier alpha value is -1.77. The third kappa shape index (κ3) is 2.72. The number of rotatable bonds is 3. The molecule has 0 saturated heterocycles. The van der Waals surface area contributed by atoms with Crippen LogP contribution in [-0.4, -0.2) is 9.55 Å². The molecule has 0 saturated carbocycles. The minimum atomic E-state index is 0.386. The molecular weight excluding hydrogens is 246 g/mol. The van der Waals surface area contributed by atoms with Crippen LogP contribution in [0.3, 0.4) is 0 Å². The zero-order valence-corrected chi connectivity index (χ0v) is 12.6. The molecule has 0 fully saturated rings. The van der Waals surface area contributed by atoms with Crippen molar-refractivity contribution >= 4 is 5.95 Å². The molecule has 0 amide bonds. The van der Waals surface area contributed by atoms with Gasteiger partial charge in [0, 0.05) is 12.7 Å². The average molecular weight is 269 g/mol. The van der Waals surface area contributed by atoms with Crippen molar-refractivity contribution in [2.24, 2.45) is 5.92 Å². The predicted octanol–water partition coefficient (Wildman–Crippen LogP) is 3.95. The number of anilines is 1. The molecule has 1 atom stereocenters. The number of hydrogen-bond donors (Lipinski definition) is 1. The number of aryl methyl sites for hydroxylation is 2. The highest BCUT2D eigenvalue weighted by molar-refractivity contribution is 5.37. The summed E-state index contributed by atoms with van der Waals surface area (Å²) in [5, 5.41) is 3.55. The molecule has 1 N–H and O–H groups in total. The molecule has 0 bridgehead atoms. The van der Waals surface area contributed by atoms with Gasteiger partial charge in [-0.3, -0.25) is 0 Å². The summed E-state index contributed by atoms with van der Waals surface area (Å²) in [7, 11) is 0. The van der Waals surface area contributed by atoms with E-state index in [4.69, 9.17) is 0 Å². The second-order valence-electron chi connectivity index (χ2n) is 6.22. The maximum atomic E-state index is 4.54. The van der Waals surface area contributed by atoms with E-state index in [0.29, 0.717) is 12.0 Å². The van der Waals surface area contributed by atoms with E-state index in [9.17, 15) is 0 Å². The fourth-order valence-corrected chi connectivity index (χ4v) is 2.94. The lowest BCUT2D eigenvalue weighted by molar-refractivity contribution is 0.542. The summed E-state index contributed by atoms with van der Waals surface area (Å²) in [6.45, 7) is 7.61. The number of hydrogen-bond acceptors (Lipinski definition) is 2. The Bertz CT molecular complexity index is 581. The van der Waals surface area contributed by atoms with Crippen molar-refractivity contribution in [3.8, 4) is 0 Å². The number of nitrogens with one attached hydrogen (secondary N) is 1. The van der Waals surface area contributed by atoms with E-state index in [0.717, 1.165) is 31.0 Å². The maximum absolute atomic E-state index is 4.54. The summed E-state index contributed by atoms with van der Waals surface area (Å²) in [6.07, 6.45) is 4.39. The Labute approximate surface area is 121 Å². The zero-order valence-electron chi connectivity index (χ0n) is 12.6. The number of fused-ring (bicyclic) bond motifs is 1. The summed E-state index contributed by atoms with van der Waals surface area (Å²) in [4.78, 5) is 4.54. The first-order valence-electron chi connectivity index (χ1n) is 7.51. The third-order valence-electron chi connectivity index (χ3n) is 3.89. The first kappa shape index (κ1) is 13.2. The number of imidazole rings is 1. The highest BCUT2D eigenvalue weighted by Gasteiger charge is 2.20. The standard InChI is InChI=1S/C17H23N3/c1-12(2)10-14-4-6-15(7-5-14)16-8-9-20-11-13(3)18-17(20)19-16/h4-7,11-12,16H,8-10H2,1-3H3,(H,18,19). The van der Waals surface area contributed by atoms with Crippen molar-refractivity contribution in [2.45, 2.75) is 46.2 Å². The molecule has 1 aliphatic heterocycles. The van der Waals surface area contributed by atoms with Gasteiger partial charge >= 0.3 is 0 Å². The Morgan fingerprint density at radius 2 is 2.05 bits per heavy atom. The van der Waals surface area contributed by atoms with E-state index in [1.54, 1.807) is 0 Å². The zero-order chi connectivity index (χ0) is 14.1. The molecule has 106 valence electrons. The number of nitrogens with zero attached hydrogens (tertiary/aromatic N) is 2. The lowest BCUT2D eigenvalue weighted by Crippen LogP contribution is -2.21. The van der Waals surface area contributed by atoms with E-state index in [-0.39, 0.29) is 0 Å². The highest BCUT2D eigenvalue weighted by atomic mass is 15.2. The van der Waals surface area contributed by atoms with Gasteiger partial charge in [0.05, 0.1) is 11.7 Å². The van der Waals surface area contributed by atoms with Crippen LogP contribution in [0.2, 0.25) is 0 Å². The molecular formula is C17H23N3. The summed E-state index contributed by atoms with van der Waals surface area (Å²) in [5.41, 5.74) is 3.88. The minimum Gasteiger partial charge on any atom is -0.349 e. The smallest absolute Gasteiger partial charge is 0.203 e. The van der Waals surface area contributed by atoms with Crippen molar-refractivity contribution < 1.29 is 0 Å². The van der Waals surface area contributed by atoms with E-state index >= 15 is 0 Å². The quantitative estimate of drug-likeness (QED) is 0.914. The van der Waals surface area contributed by atoms with Gasteiger partial charge in [0.2, 0.25) is 5.95 Å². The lowest BCUT2D eigenvalue weighted by atomic mass is 9.98. The summed E-state index contributed by atoms with van der Waals surface area (Å²) < 4.78 is 2.21. The molecule has 20 heavy (non-hydrogen) atoms. The Kier molecular flexibility index (Phi) is 3.51. The Balaban J connectivity index is 1.74. The maximum Gasteiger partial charge on any atom is 0.203 e. The summed E-state index contributed by atoms with van der Waals surface area (Å²) in [6, 6.07) is 9.45. The molecule has 0 aliphatic carbocycles.